The fraction of sp³-hybridized carbons (Fsp3) is 0.529. The van der Waals surface area contributed by atoms with Gasteiger partial charge in [-0.2, -0.15) is 0 Å². The van der Waals surface area contributed by atoms with Gasteiger partial charge in [0.15, 0.2) is 0 Å². The van der Waals surface area contributed by atoms with E-state index < -0.39 is 0 Å². The lowest BCUT2D eigenvalue weighted by Gasteiger charge is -2.23. The molecule has 22 heavy (non-hydrogen) atoms. The Bertz CT molecular complexity index is 556. The Hall–Kier alpha value is -1.88. The first-order valence-electron chi connectivity index (χ1n) is 8.07. The van der Waals surface area contributed by atoms with Crippen LogP contribution >= 0.6 is 0 Å². The normalized spacial score (nSPS) is 21.7. The molecule has 0 saturated carbocycles. The van der Waals surface area contributed by atoms with Crippen molar-refractivity contribution in [2.24, 2.45) is 5.73 Å². The summed E-state index contributed by atoms with van der Waals surface area (Å²) in [6.07, 6.45) is 3.64. The van der Waals surface area contributed by atoms with Crippen molar-refractivity contribution in [2.75, 3.05) is 19.6 Å². The molecule has 2 amide bonds. The number of rotatable bonds is 4. The van der Waals surface area contributed by atoms with E-state index in [9.17, 15) is 9.59 Å². The predicted octanol–water partition coefficient (Wildman–Crippen LogP) is 1.37. The molecule has 2 saturated heterocycles. The molecule has 1 aromatic rings. The fourth-order valence-corrected chi connectivity index (χ4v) is 3.36. The van der Waals surface area contributed by atoms with Gasteiger partial charge in [-0.25, -0.2) is 0 Å². The third-order valence-electron chi connectivity index (χ3n) is 4.66. The molecule has 2 aliphatic heterocycles. The minimum absolute atomic E-state index is 0.0664. The van der Waals surface area contributed by atoms with Gasteiger partial charge >= 0.3 is 0 Å². The van der Waals surface area contributed by atoms with Crippen LogP contribution in [0.5, 0.6) is 0 Å². The summed E-state index contributed by atoms with van der Waals surface area (Å²) in [6, 6.07) is 7.81. The maximum atomic E-state index is 12.5. The van der Waals surface area contributed by atoms with Gasteiger partial charge in [-0.05, 0) is 37.0 Å². The average Bonchev–Trinajstić information content (AvgIpc) is 3.16. The van der Waals surface area contributed by atoms with Crippen LogP contribution in [0.25, 0.3) is 0 Å². The molecule has 0 unspecified atom stereocenters. The van der Waals surface area contributed by atoms with Gasteiger partial charge in [-0.15, -0.1) is 0 Å². The van der Waals surface area contributed by atoms with E-state index in [-0.39, 0.29) is 17.9 Å². The van der Waals surface area contributed by atoms with E-state index in [4.69, 9.17) is 5.73 Å². The Morgan fingerprint density at radius 3 is 2.59 bits per heavy atom. The van der Waals surface area contributed by atoms with Gasteiger partial charge in [0.1, 0.15) is 0 Å². The third kappa shape index (κ3) is 2.99. The molecule has 2 N–H and O–H groups in total. The molecule has 3 rings (SSSR count). The lowest BCUT2D eigenvalue weighted by Crippen LogP contribution is -2.39. The van der Waals surface area contributed by atoms with E-state index in [1.54, 1.807) is 0 Å². The van der Waals surface area contributed by atoms with Crippen molar-refractivity contribution in [3.63, 3.8) is 0 Å². The first kappa shape index (κ1) is 15.0. The number of benzene rings is 1. The second-order valence-corrected chi connectivity index (χ2v) is 6.15. The number of nitrogens with zero attached hydrogens (tertiary/aromatic N) is 2. The lowest BCUT2D eigenvalue weighted by atomic mass is 10.1. The van der Waals surface area contributed by atoms with Crippen LogP contribution in [0.15, 0.2) is 24.3 Å². The van der Waals surface area contributed by atoms with Crippen LogP contribution in [-0.4, -0.2) is 47.3 Å². The molecular formula is C17H23N3O2. The molecule has 0 radical (unpaired) electrons. The van der Waals surface area contributed by atoms with Crippen LogP contribution in [0.3, 0.4) is 0 Å². The first-order valence-corrected chi connectivity index (χ1v) is 8.07. The summed E-state index contributed by atoms with van der Waals surface area (Å²) in [5.74, 6) is 0.291. The summed E-state index contributed by atoms with van der Waals surface area (Å²) in [5.41, 5.74) is 7.52. The van der Waals surface area contributed by atoms with E-state index in [0.29, 0.717) is 25.1 Å². The highest BCUT2D eigenvalue weighted by Crippen LogP contribution is 2.20. The molecule has 5 nitrogen and oxygen atoms in total. The molecule has 2 heterocycles. The van der Waals surface area contributed by atoms with Crippen LogP contribution in [0.2, 0.25) is 0 Å². The summed E-state index contributed by atoms with van der Waals surface area (Å²) >= 11 is 0. The van der Waals surface area contributed by atoms with Crippen LogP contribution in [-0.2, 0) is 11.3 Å². The second kappa shape index (κ2) is 6.48. The topological polar surface area (TPSA) is 66.6 Å². The van der Waals surface area contributed by atoms with E-state index in [1.807, 2.05) is 34.1 Å². The number of amides is 2. The summed E-state index contributed by atoms with van der Waals surface area (Å²) in [4.78, 5) is 27.9. The molecule has 2 fully saturated rings. The molecule has 0 aromatic heterocycles. The fourth-order valence-electron chi connectivity index (χ4n) is 3.36. The minimum Gasteiger partial charge on any atom is -0.338 e. The first-order chi connectivity index (χ1) is 10.7. The highest BCUT2D eigenvalue weighted by molar-refractivity contribution is 5.94. The van der Waals surface area contributed by atoms with E-state index in [1.165, 1.54) is 0 Å². The molecule has 5 heteroatoms. The zero-order chi connectivity index (χ0) is 15.5. The summed E-state index contributed by atoms with van der Waals surface area (Å²) in [6.45, 7) is 2.81. The molecule has 118 valence electrons. The summed E-state index contributed by atoms with van der Waals surface area (Å²) in [7, 11) is 0. The van der Waals surface area contributed by atoms with Crippen molar-refractivity contribution < 1.29 is 9.59 Å². The van der Waals surface area contributed by atoms with Gasteiger partial charge in [0.2, 0.25) is 5.91 Å². The molecule has 1 atom stereocenters. The van der Waals surface area contributed by atoms with Gasteiger partial charge in [0.05, 0.1) is 0 Å². The van der Waals surface area contributed by atoms with Crippen LogP contribution in [0, 0.1) is 0 Å². The second-order valence-electron chi connectivity index (χ2n) is 6.15. The molecule has 0 spiro atoms. The average molecular weight is 301 g/mol. The number of carbonyl (C=O) groups excluding carboxylic acids is 2. The Kier molecular flexibility index (Phi) is 4.43. The molecule has 1 aromatic carbocycles. The largest absolute Gasteiger partial charge is 0.338 e. The summed E-state index contributed by atoms with van der Waals surface area (Å²) in [5, 5.41) is 0. The van der Waals surface area contributed by atoms with Gasteiger partial charge < -0.3 is 15.5 Å². The van der Waals surface area contributed by atoms with E-state index in [2.05, 4.69) is 0 Å². The highest BCUT2D eigenvalue weighted by atomic mass is 16.2. The summed E-state index contributed by atoms with van der Waals surface area (Å²) < 4.78 is 0. The zero-order valence-electron chi connectivity index (χ0n) is 12.8. The standard InChI is InChI=1S/C17H23N3O2/c18-11-15-3-1-10-20(15)17(22)14-7-5-13(6-8-14)12-19-9-2-4-16(19)21/h5-8,15H,1-4,9-12,18H2/t15-/m0/s1. The number of hydrogen-bond acceptors (Lipinski definition) is 3. The van der Waals surface area contributed by atoms with Crippen molar-refractivity contribution in [1.82, 2.24) is 9.80 Å². The van der Waals surface area contributed by atoms with E-state index in [0.717, 1.165) is 37.9 Å². The van der Waals surface area contributed by atoms with Crippen molar-refractivity contribution in [3.8, 4) is 0 Å². The molecular weight excluding hydrogens is 278 g/mol. The van der Waals surface area contributed by atoms with Crippen LogP contribution < -0.4 is 5.73 Å². The predicted molar refractivity (Wildman–Crippen MR) is 84.2 cm³/mol. The van der Waals surface area contributed by atoms with Gasteiger partial charge in [0.25, 0.3) is 5.91 Å². The van der Waals surface area contributed by atoms with Crippen LogP contribution in [0.4, 0.5) is 0 Å². The number of carbonyl (C=O) groups is 2. The van der Waals surface area contributed by atoms with Gasteiger partial charge in [0, 0.05) is 44.2 Å². The number of nitrogens with two attached hydrogens (primary N) is 1. The Labute approximate surface area is 131 Å². The minimum atomic E-state index is 0.0664. The van der Waals surface area contributed by atoms with Crippen molar-refractivity contribution >= 4 is 11.8 Å². The number of hydrogen-bond donors (Lipinski definition) is 1. The maximum absolute atomic E-state index is 12.5. The highest BCUT2D eigenvalue weighted by Gasteiger charge is 2.28. The Balaban J connectivity index is 1.66. The van der Waals surface area contributed by atoms with Crippen molar-refractivity contribution in [1.29, 1.82) is 0 Å². The SMILES string of the molecule is NC[C@@H]1CCCN1C(=O)c1ccc(CN2CCCC2=O)cc1. The maximum Gasteiger partial charge on any atom is 0.254 e. The van der Waals surface area contributed by atoms with Crippen LogP contribution in [0.1, 0.15) is 41.6 Å². The quantitative estimate of drug-likeness (QED) is 0.913. The Morgan fingerprint density at radius 1 is 1.18 bits per heavy atom. The van der Waals surface area contributed by atoms with Gasteiger partial charge in [-0.3, -0.25) is 9.59 Å². The smallest absolute Gasteiger partial charge is 0.254 e. The van der Waals surface area contributed by atoms with Crippen molar-refractivity contribution in [2.45, 2.75) is 38.3 Å². The van der Waals surface area contributed by atoms with Crippen molar-refractivity contribution in [3.05, 3.63) is 35.4 Å². The molecule has 2 aliphatic rings. The Morgan fingerprint density at radius 2 is 1.95 bits per heavy atom. The van der Waals surface area contributed by atoms with Gasteiger partial charge in [-0.1, -0.05) is 12.1 Å². The third-order valence-corrected chi connectivity index (χ3v) is 4.66. The molecule has 0 aliphatic carbocycles. The zero-order valence-corrected chi connectivity index (χ0v) is 12.8. The molecule has 0 bridgehead atoms. The van der Waals surface area contributed by atoms with E-state index >= 15 is 0 Å². The monoisotopic (exact) mass is 301 g/mol. The lowest BCUT2D eigenvalue weighted by molar-refractivity contribution is -0.128. The number of likely N-dealkylation sites (tertiary alicyclic amines) is 2.